The molecule has 0 fully saturated rings. The summed E-state index contributed by atoms with van der Waals surface area (Å²) in [5.74, 6) is 0.0669. The Labute approximate surface area is 287 Å². The van der Waals surface area contributed by atoms with Gasteiger partial charge in [-0.25, -0.2) is 4.39 Å². The van der Waals surface area contributed by atoms with Gasteiger partial charge < -0.3 is 9.52 Å². The quantitative estimate of drug-likeness (QED) is 0.0815. The molecule has 7 aromatic rings. The predicted molar refractivity (Wildman–Crippen MR) is 187 cm³/mol. The van der Waals surface area contributed by atoms with Gasteiger partial charge in [-0.15, -0.1) is 29.1 Å². The first-order chi connectivity index (χ1) is 22.1. The van der Waals surface area contributed by atoms with Crippen molar-refractivity contribution >= 4 is 49.3 Å². The Morgan fingerprint density at radius 2 is 1.64 bits per heavy atom. The van der Waals surface area contributed by atoms with Crippen molar-refractivity contribution in [1.29, 1.82) is 0 Å². The molecule has 0 aliphatic heterocycles. The van der Waals surface area contributed by atoms with Crippen LogP contribution >= 0.6 is 0 Å². The van der Waals surface area contributed by atoms with Crippen LogP contribution in [0.5, 0.6) is 0 Å². The van der Waals surface area contributed by atoms with Crippen LogP contribution in [0.3, 0.4) is 0 Å². The van der Waals surface area contributed by atoms with E-state index in [1.165, 1.54) is 41.6 Å². The predicted octanol–water partition coefficient (Wildman–Crippen LogP) is 11.1. The number of hydrogen-bond donors (Lipinski definition) is 1. The molecule has 2 heterocycles. The van der Waals surface area contributed by atoms with Crippen LogP contribution < -0.4 is 0 Å². The van der Waals surface area contributed by atoms with E-state index >= 15 is 4.39 Å². The molecular formula is C41H35FIrNO3-. The summed E-state index contributed by atoms with van der Waals surface area (Å²) in [5.41, 5.74) is 6.06. The Bertz CT molecular complexity index is 2300. The van der Waals surface area contributed by atoms with Crippen LogP contribution in [0.25, 0.3) is 65.9 Å². The fourth-order valence-corrected chi connectivity index (χ4v) is 6.18. The third-order valence-corrected chi connectivity index (χ3v) is 8.06. The van der Waals surface area contributed by atoms with Gasteiger partial charge in [0.25, 0.3) is 0 Å². The Morgan fingerprint density at radius 1 is 0.915 bits per heavy atom. The SMILES string of the molecule is CC(=O)/C=C(/C)O.Cc1ccccc1-c1ccc2c(oc3c(-c4[c-]c5ccc6ccccc6c5c(CC(C)C)c4)nccc32)c1F.[Ir]. The molecule has 1 N–H and O–H groups in total. The van der Waals surface area contributed by atoms with Crippen molar-refractivity contribution in [3.8, 4) is 22.4 Å². The Morgan fingerprint density at radius 3 is 2.34 bits per heavy atom. The molecule has 47 heavy (non-hydrogen) atoms. The molecule has 0 bridgehead atoms. The first-order valence-electron chi connectivity index (χ1n) is 15.4. The molecule has 0 saturated heterocycles. The normalized spacial score (nSPS) is 11.6. The number of aliphatic hydroxyl groups excluding tert-OH is 1. The maximum atomic E-state index is 15.9. The number of halogens is 1. The molecule has 239 valence electrons. The molecule has 0 aliphatic carbocycles. The fourth-order valence-electron chi connectivity index (χ4n) is 6.18. The summed E-state index contributed by atoms with van der Waals surface area (Å²) in [6.07, 6.45) is 3.87. The molecule has 0 saturated carbocycles. The molecule has 4 nitrogen and oxygen atoms in total. The molecule has 1 radical (unpaired) electrons. The Hall–Kier alpha value is -4.64. The average Bonchev–Trinajstić information content (AvgIpc) is 3.41. The van der Waals surface area contributed by atoms with Crippen molar-refractivity contribution in [2.45, 2.75) is 41.0 Å². The smallest absolute Gasteiger partial charge is 0.174 e. The number of rotatable bonds is 5. The summed E-state index contributed by atoms with van der Waals surface area (Å²) in [6, 6.07) is 32.1. The fraction of sp³-hybridized carbons (Fsp3) is 0.171. The maximum Gasteiger partial charge on any atom is 0.174 e. The van der Waals surface area contributed by atoms with Crippen LogP contribution in [0, 0.1) is 24.7 Å². The van der Waals surface area contributed by atoms with Crippen molar-refractivity contribution in [3.05, 3.63) is 126 Å². The van der Waals surface area contributed by atoms with Crippen molar-refractivity contribution in [1.82, 2.24) is 4.98 Å². The standard InChI is InChI=1S/C36H27FNO.C5H8O2.Ir/c1-21(2)18-25-20-26(19-24-13-12-23-9-5-7-11-28(23)32(24)25)34-36-31(16-17-38-34)30-15-14-29(33(37)35(30)39-36)27-10-6-4-8-22(27)3;1-4(6)3-5(2)7;/h4-17,20-21H,18H2,1-3H3;3,6H,1-2H3;/q-1;;/b;4-3-;. The van der Waals surface area contributed by atoms with E-state index < -0.39 is 0 Å². The Balaban J connectivity index is 0.000000491. The van der Waals surface area contributed by atoms with E-state index in [2.05, 4.69) is 62.4 Å². The van der Waals surface area contributed by atoms with Gasteiger partial charge in [-0.1, -0.05) is 85.5 Å². The minimum Gasteiger partial charge on any atom is -0.512 e. The molecule has 5 aromatic carbocycles. The van der Waals surface area contributed by atoms with E-state index in [0.29, 0.717) is 22.8 Å². The number of aliphatic hydroxyl groups is 1. The summed E-state index contributed by atoms with van der Waals surface area (Å²) in [7, 11) is 0. The number of carbonyl (C=O) groups is 1. The second-order valence-electron chi connectivity index (χ2n) is 12.2. The first-order valence-corrected chi connectivity index (χ1v) is 15.4. The average molecular weight is 801 g/mol. The van der Waals surface area contributed by atoms with E-state index in [9.17, 15) is 4.79 Å². The van der Waals surface area contributed by atoms with E-state index in [1.54, 1.807) is 6.20 Å². The van der Waals surface area contributed by atoms with E-state index in [1.807, 2.05) is 49.4 Å². The van der Waals surface area contributed by atoms with E-state index in [-0.39, 0.29) is 43.0 Å². The van der Waals surface area contributed by atoms with E-state index in [0.717, 1.165) is 39.3 Å². The number of ketones is 1. The number of aryl methyl sites for hydroxylation is 1. The number of benzene rings is 5. The zero-order valence-electron chi connectivity index (χ0n) is 26.9. The minimum absolute atomic E-state index is 0. The second-order valence-corrected chi connectivity index (χ2v) is 12.2. The number of aromatic nitrogens is 1. The van der Waals surface area contributed by atoms with Crippen LogP contribution in [0.1, 0.15) is 38.8 Å². The third kappa shape index (κ3) is 6.76. The molecule has 0 unspecified atom stereocenters. The van der Waals surface area contributed by atoms with Crippen LogP contribution in [-0.4, -0.2) is 15.9 Å². The number of carbonyl (C=O) groups excluding carboxylic acids is 1. The summed E-state index contributed by atoms with van der Waals surface area (Å²) in [4.78, 5) is 14.8. The van der Waals surface area contributed by atoms with Gasteiger partial charge in [-0.3, -0.25) is 9.78 Å². The van der Waals surface area contributed by atoms with Crippen LogP contribution in [0.4, 0.5) is 4.39 Å². The van der Waals surface area contributed by atoms with Gasteiger partial charge in [0.1, 0.15) is 5.58 Å². The molecule has 0 atom stereocenters. The molecule has 0 spiro atoms. The monoisotopic (exact) mass is 801 g/mol. The van der Waals surface area contributed by atoms with Gasteiger partial charge >= 0.3 is 0 Å². The number of pyridine rings is 1. The van der Waals surface area contributed by atoms with Crippen LogP contribution in [0.2, 0.25) is 0 Å². The van der Waals surface area contributed by atoms with E-state index in [4.69, 9.17) is 14.5 Å². The number of nitrogens with zero attached hydrogens (tertiary/aromatic N) is 1. The van der Waals surface area contributed by atoms with Gasteiger partial charge in [0.2, 0.25) is 0 Å². The minimum atomic E-state index is -0.349. The topological polar surface area (TPSA) is 63.3 Å². The number of fused-ring (bicyclic) bond motifs is 6. The third-order valence-electron chi connectivity index (χ3n) is 8.06. The first kappa shape index (κ1) is 33.7. The molecule has 2 aromatic heterocycles. The van der Waals surface area contributed by atoms with Gasteiger partial charge in [0, 0.05) is 54.4 Å². The van der Waals surface area contributed by atoms with Crippen molar-refractivity contribution in [3.63, 3.8) is 0 Å². The van der Waals surface area contributed by atoms with Gasteiger partial charge in [-0.05, 0) is 67.1 Å². The number of furan rings is 1. The molecule has 0 aliphatic rings. The van der Waals surface area contributed by atoms with Gasteiger partial charge in [0.15, 0.2) is 17.2 Å². The summed E-state index contributed by atoms with van der Waals surface area (Å²) in [6.45, 7) is 9.31. The summed E-state index contributed by atoms with van der Waals surface area (Å²) in [5, 5.41) is 14.7. The Kier molecular flexibility index (Phi) is 10.0. The summed E-state index contributed by atoms with van der Waals surface area (Å²) >= 11 is 0. The van der Waals surface area contributed by atoms with Crippen LogP contribution in [0.15, 0.2) is 107 Å². The second kappa shape index (κ2) is 14.0. The van der Waals surface area contributed by atoms with Crippen molar-refractivity contribution < 1.29 is 38.8 Å². The van der Waals surface area contributed by atoms with Crippen molar-refractivity contribution in [2.75, 3.05) is 0 Å². The maximum absolute atomic E-state index is 15.9. The van der Waals surface area contributed by atoms with Crippen LogP contribution in [-0.2, 0) is 31.3 Å². The number of allylic oxidation sites excluding steroid dienone is 2. The zero-order chi connectivity index (χ0) is 32.5. The largest absolute Gasteiger partial charge is 0.512 e. The zero-order valence-corrected chi connectivity index (χ0v) is 29.3. The van der Waals surface area contributed by atoms with Gasteiger partial charge in [-0.2, -0.15) is 0 Å². The molecule has 0 amide bonds. The molecule has 7 rings (SSSR count). The number of hydrogen-bond acceptors (Lipinski definition) is 4. The van der Waals surface area contributed by atoms with Gasteiger partial charge in [0.05, 0.1) is 5.76 Å². The van der Waals surface area contributed by atoms with Crippen molar-refractivity contribution in [2.24, 2.45) is 5.92 Å². The molecule has 6 heteroatoms. The summed E-state index contributed by atoms with van der Waals surface area (Å²) < 4.78 is 22.3. The molecular weight excluding hydrogens is 766 g/mol.